The first-order chi connectivity index (χ1) is 8.71. The molecule has 1 rings (SSSR count). The van der Waals surface area contributed by atoms with E-state index in [1.165, 1.54) is 6.07 Å². The van der Waals surface area contributed by atoms with Gasteiger partial charge >= 0.3 is 0 Å². The predicted octanol–water partition coefficient (Wildman–Crippen LogP) is 2.55. The monoisotopic (exact) mass is 332 g/mol. The first-order valence-electron chi connectivity index (χ1n) is 6.27. The van der Waals surface area contributed by atoms with Gasteiger partial charge in [-0.15, -0.1) is 0 Å². The van der Waals surface area contributed by atoms with Crippen LogP contribution in [0.3, 0.4) is 0 Å². The normalized spacial score (nSPS) is 16.4. The quantitative estimate of drug-likeness (QED) is 0.840. The molecule has 5 heteroatoms. The molecule has 0 aliphatic heterocycles. The Morgan fingerprint density at radius 1 is 1.47 bits per heavy atom. The second-order valence-electron chi connectivity index (χ2n) is 5.50. The zero-order valence-electron chi connectivity index (χ0n) is 11.9. The first kappa shape index (κ1) is 16.6. The van der Waals surface area contributed by atoms with Crippen molar-refractivity contribution in [1.82, 2.24) is 10.2 Å². The Morgan fingerprint density at radius 2 is 2.11 bits per heavy atom. The van der Waals surface area contributed by atoms with Crippen molar-refractivity contribution in [3.63, 3.8) is 0 Å². The lowest BCUT2D eigenvalue weighted by molar-refractivity contribution is 0.0316. The summed E-state index contributed by atoms with van der Waals surface area (Å²) in [7, 11) is 3.82. The molecule has 2 N–H and O–H groups in total. The third-order valence-corrected chi connectivity index (χ3v) is 3.36. The molecule has 0 saturated heterocycles. The van der Waals surface area contributed by atoms with Gasteiger partial charge in [-0.25, -0.2) is 4.39 Å². The van der Waals surface area contributed by atoms with Gasteiger partial charge in [-0.1, -0.05) is 15.9 Å². The molecule has 0 amide bonds. The number of rotatable bonds is 6. The van der Waals surface area contributed by atoms with E-state index in [1.54, 1.807) is 19.1 Å². The summed E-state index contributed by atoms with van der Waals surface area (Å²) < 4.78 is 14.6. The fourth-order valence-electron chi connectivity index (χ4n) is 2.07. The summed E-state index contributed by atoms with van der Waals surface area (Å²) in [6.45, 7) is 4.60. The van der Waals surface area contributed by atoms with Crippen LogP contribution in [0, 0.1) is 5.82 Å². The van der Waals surface area contributed by atoms with Gasteiger partial charge in [0.2, 0.25) is 0 Å². The summed E-state index contributed by atoms with van der Waals surface area (Å²) in [4.78, 5) is 1.92. The standard InChI is InChI=1S/C14H22BrFN2O/c1-10(12-7-11(15)5-6-13(12)16)17-8-14(2,19)9-18(3)4/h5-7,10,17,19H,8-9H2,1-4H3. The Bertz CT molecular complexity index is 424. The number of nitrogens with zero attached hydrogens (tertiary/aromatic N) is 1. The zero-order chi connectivity index (χ0) is 14.6. The molecule has 19 heavy (non-hydrogen) atoms. The molecule has 3 nitrogen and oxygen atoms in total. The summed E-state index contributed by atoms with van der Waals surface area (Å²) in [5.41, 5.74) is -0.254. The van der Waals surface area contributed by atoms with Crippen molar-refractivity contribution in [3.8, 4) is 0 Å². The summed E-state index contributed by atoms with van der Waals surface area (Å²) in [5, 5.41) is 13.4. The maximum absolute atomic E-state index is 13.7. The van der Waals surface area contributed by atoms with Gasteiger partial charge in [0.05, 0.1) is 5.60 Å². The lowest BCUT2D eigenvalue weighted by atomic mass is 10.0. The summed E-state index contributed by atoms with van der Waals surface area (Å²) in [6.07, 6.45) is 0. The SMILES string of the molecule is CC(NCC(C)(O)CN(C)C)c1cc(Br)ccc1F. The number of likely N-dealkylation sites (N-methyl/N-ethyl adjacent to an activating group) is 1. The van der Waals surface area contributed by atoms with Crippen molar-refractivity contribution in [2.75, 3.05) is 27.2 Å². The minimum absolute atomic E-state index is 0.161. The van der Waals surface area contributed by atoms with Crippen molar-refractivity contribution in [3.05, 3.63) is 34.1 Å². The fourth-order valence-corrected chi connectivity index (χ4v) is 2.45. The smallest absolute Gasteiger partial charge is 0.128 e. The van der Waals surface area contributed by atoms with Crippen LogP contribution in [-0.2, 0) is 0 Å². The van der Waals surface area contributed by atoms with E-state index in [4.69, 9.17) is 0 Å². The van der Waals surface area contributed by atoms with Gasteiger partial charge in [-0.2, -0.15) is 0 Å². The van der Waals surface area contributed by atoms with Gasteiger partial charge in [0.25, 0.3) is 0 Å². The number of nitrogens with one attached hydrogen (secondary N) is 1. The summed E-state index contributed by atoms with van der Waals surface area (Å²) in [6, 6.07) is 4.71. The minimum Gasteiger partial charge on any atom is -0.388 e. The van der Waals surface area contributed by atoms with Crippen molar-refractivity contribution in [1.29, 1.82) is 0 Å². The van der Waals surface area contributed by atoms with Crippen molar-refractivity contribution in [2.24, 2.45) is 0 Å². The highest BCUT2D eigenvalue weighted by molar-refractivity contribution is 9.10. The molecule has 0 aliphatic rings. The third kappa shape index (κ3) is 5.57. The molecule has 0 radical (unpaired) electrons. The topological polar surface area (TPSA) is 35.5 Å². The average Bonchev–Trinajstić information content (AvgIpc) is 2.27. The van der Waals surface area contributed by atoms with E-state index in [0.717, 1.165) is 4.47 Å². The fraction of sp³-hybridized carbons (Fsp3) is 0.571. The largest absolute Gasteiger partial charge is 0.388 e. The number of hydrogen-bond donors (Lipinski definition) is 2. The van der Waals surface area contributed by atoms with Gasteiger partial charge in [-0.3, -0.25) is 0 Å². The van der Waals surface area contributed by atoms with Crippen LogP contribution in [0.2, 0.25) is 0 Å². The Balaban J connectivity index is 2.65. The van der Waals surface area contributed by atoms with Crippen LogP contribution in [-0.4, -0.2) is 42.8 Å². The van der Waals surface area contributed by atoms with Crippen molar-refractivity contribution in [2.45, 2.75) is 25.5 Å². The molecular weight excluding hydrogens is 311 g/mol. The first-order valence-corrected chi connectivity index (χ1v) is 7.06. The van der Waals surface area contributed by atoms with E-state index in [-0.39, 0.29) is 11.9 Å². The molecule has 2 atom stereocenters. The van der Waals surface area contributed by atoms with Crippen LogP contribution >= 0.6 is 15.9 Å². The molecule has 0 aromatic heterocycles. The predicted molar refractivity (Wildman–Crippen MR) is 79.7 cm³/mol. The lowest BCUT2D eigenvalue weighted by Crippen LogP contribution is -2.46. The van der Waals surface area contributed by atoms with Crippen molar-refractivity contribution >= 4 is 15.9 Å². The van der Waals surface area contributed by atoms with Gasteiger partial charge in [0, 0.05) is 29.2 Å². The van der Waals surface area contributed by atoms with E-state index in [0.29, 0.717) is 18.7 Å². The van der Waals surface area contributed by atoms with Crippen LogP contribution < -0.4 is 5.32 Å². The van der Waals surface area contributed by atoms with E-state index in [2.05, 4.69) is 21.2 Å². The van der Waals surface area contributed by atoms with Crippen LogP contribution in [0.4, 0.5) is 4.39 Å². The second-order valence-corrected chi connectivity index (χ2v) is 6.42. The Hall–Kier alpha value is -0.490. The van der Waals surface area contributed by atoms with E-state index in [1.807, 2.05) is 25.9 Å². The molecule has 0 heterocycles. The van der Waals surface area contributed by atoms with Gasteiger partial charge in [-0.05, 0) is 46.1 Å². The Labute approximate surface area is 122 Å². The molecule has 108 valence electrons. The Morgan fingerprint density at radius 3 is 2.68 bits per heavy atom. The summed E-state index contributed by atoms with van der Waals surface area (Å²) in [5.74, 6) is -0.240. The zero-order valence-corrected chi connectivity index (χ0v) is 13.5. The van der Waals surface area contributed by atoms with Crippen LogP contribution in [0.15, 0.2) is 22.7 Å². The number of benzene rings is 1. The van der Waals surface area contributed by atoms with Gasteiger partial charge < -0.3 is 15.3 Å². The third-order valence-electron chi connectivity index (χ3n) is 2.87. The van der Waals surface area contributed by atoms with Gasteiger partial charge in [0.1, 0.15) is 5.82 Å². The lowest BCUT2D eigenvalue weighted by Gasteiger charge is -2.29. The Kier molecular flexibility index (Phi) is 5.92. The summed E-state index contributed by atoms with van der Waals surface area (Å²) >= 11 is 3.34. The maximum Gasteiger partial charge on any atom is 0.128 e. The second kappa shape index (κ2) is 6.79. The van der Waals surface area contributed by atoms with Crippen molar-refractivity contribution < 1.29 is 9.50 Å². The van der Waals surface area contributed by atoms with Crippen LogP contribution in [0.1, 0.15) is 25.5 Å². The molecular formula is C14H22BrFN2O. The minimum atomic E-state index is -0.847. The van der Waals surface area contributed by atoms with Gasteiger partial charge in [0.15, 0.2) is 0 Å². The molecule has 0 fully saturated rings. The average molecular weight is 333 g/mol. The molecule has 0 saturated carbocycles. The highest BCUT2D eigenvalue weighted by Crippen LogP contribution is 2.21. The number of aliphatic hydroxyl groups is 1. The highest BCUT2D eigenvalue weighted by atomic mass is 79.9. The highest BCUT2D eigenvalue weighted by Gasteiger charge is 2.22. The van der Waals surface area contributed by atoms with E-state index < -0.39 is 5.60 Å². The maximum atomic E-state index is 13.7. The molecule has 0 bridgehead atoms. The molecule has 2 unspecified atom stereocenters. The van der Waals surface area contributed by atoms with E-state index in [9.17, 15) is 9.50 Å². The van der Waals surface area contributed by atoms with Crippen LogP contribution in [0.5, 0.6) is 0 Å². The molecule has 0 spiro atoms. The molecule has 1 aromatic rings. The van der Waals surface area contributed by atoms with E-state index >= 15 is 0 Å². The number of hydrogen-bond acceptors (Lipinski definition) is 3. The van der Waals surface area contributed by atoms with Crippen LogP contribution in [0.25, 0.3) is 0 Å². The molecule has 1 aromatic carbocycles. The number of halogens is 2. The molecule has 0 aliphatic carbocycles.